The number of urea groups is 1. The molecule has 3 N–H and O–H groups in total. The maximum atomic E-state index is 11.9. The number of nitrogens with one attached hydrogen (secondary N) is 2. The summed E-state index contributed by atoms with van der Waals surface area (Å²) in [6, 6.07) is 7.20. The van der Waals surface area contributed by atoms with Gasteiger partial charge in [-0.25, -0.2) is 4.79 Å². The van der Waals surface area contributed by atoms with Gasteiger partial charge in [0, 0.05) is 29.8 Å². The van der Waals surface area contributed by atoms with Gasteiger partial charge in [0.25, 0.3) is 0 Å². The van der Waals surface area contributed by atoms with Crippen LogP contribution in [0.1, 0.15) is 37.0 Å². The van der Waals surface area contributed by atoms with Crippen LogP contribution in [0.15, 0.2) is 40.3 Å². The monoisotopic (exact) mass is 322 g/mol. The van der Waals surface area contributed by atoms with E-state index in [0.717, 1.165) is 6.42 Å². The van der Waals surface area contributed by atoms with Crippen LogP contribution >= 0.6 is 11.3 Å². The van der Waals surface area contributed by atoms with Crippen LogP contribution in [-0.2, 0) is 6.42 Å². The van der Waals surface area contributed by atoms with E-state index in [9.17, 15) is 9.90 Å². The van der Waals surface area contributed by atoms with Gasteiger partial charge in [-0.1, -0.05) is 6.07 Å². The Hall–Kier alpha value is -1.79. The number of amides is 2. The largest absolute Gasteiger partial charge is 0.467 e. The van der Waals surface area contributed by atoms with Gasteiger partial charge in [0.1, 0.15) is 11.9 Å². The number of furan rings is 1. The van der Waals surface area contributed by atoms with Gasteiger partial charge in [0.2, 0.25) is 0 Å². The molecule has 5 nitrogen and oxygen atoms in total. The second kappa shape index (κ2) is 8.00. The number of thiophene rings is 1. The van der Waals surface area contributed by atoms with Crippen molar-refractivity contribution in [3.63, 3.8) is 0 Å². The number of hydrogen-bond acceptors (Lipinski definition) is 4. The predicted molar refractivity (Wildman–Crippen MR) is 86.9 cm³/mol. The van der Waals surface area contributed by atoms with Crippen LogP contribution < -0.4 is 10.6 Å². The molecule has 3 atom stereocenters. The molecule has 0 radical (unpaired) electrons. The van der Waals surface area contributed by atoms with Crippen molar-refractivity contribution in [1.82, 2.24) is 10.6 Å². The molecule has 0 aliphatic carbocycles. The average Bonchev–Trinajstić information content (AvgIpc) is 3.10. The third-order valence-corrected chi connectivity index (χ3v) is 4.19. The molecule has 2 aromatic heterocycles. The molecule has 2 heterocycles. The zero-order valence-electron chi connectivity index (χ0n) is 12.8. The number of carbonyl (C=O) groups excluding carboxylic acids is 1. The lowest BCUT2D eigenvalue weighted by molar-refractivity contribution is 0.129. The Kier molecular flexibility index (Phi) is 6.03. The first-order valence-electron chi connectivity index (χ1n) is 7.35. The SMILES string of the molecule is CC(Cc1cccs1)NC(=O)NC(C)CC(O)c1ccco1. The summed E-state index contributed by atoms with van der Waals surface area (Å²) < 4.78 is 5.15. The van der Waals surface area contributed by atoms with Gasteiger partial charge in [0.15, 0.2) is 0 Å². The lowest BCUT2D eigenvalue weighted by atomic mass is 10.1. The van der Waals surface area contributed by atoms with Crippen LogP contribution in [0.4, 0.5) is 4.79 Å². The fourth-order valence-electron chi connectivity index (χ4n) is 2.26. The number of hydrogen-bond donors (Lipinski definition) is 3. The summed E-state index contributed by atoms with van der Waals surface area (Å²) in [4.78, 5) is 13.2. The molecule has 0 spiro atoms. The van der Waals surface area contributed by atoms with Crippen molar-refractivity contribution >= 4 is 17.4 Å². The third-order valence-electron chi connectivity index (χ3n) is 3.29. The minimum Gasteiger partial charge on any atom is -0.467 e. The van der Waals surface area contributed by atoms with Crippen molar-refractivity contribution < 1.29 is 14.3 Å². The molecule has 120 valence electrons. The van der Waals surface area contributed by atoms with Crippen molar-refractivity contribution in [2.24, 2.45) is 0 Å². The molecular weight excluding hydrogens is 300 g/mol. The summed E-state index contributed by atoms with van der Waals surface area (Å²) in [5.41, 5.74) is 0. The number of aliphatic hydroxyl groups is 1. The molecule has 0 saturated heterocycles. The van der Waals surface area contributed by atoms with Crippen LogP contribution in [0.2, 0.25) is 0 Å². The molecule has 3 unspecified atom stereocenters. The molecule has 22 heavy (non-hydrogen) atoms. The predicted octanol–water partition coefficient (Wildman–Crippen LogP) is 3.08. The van der Waals surface area contributed by atoms with E-state index in [0.29, 0.717) is 12.2 Å². The summed E-state index contributed by atoms with van der Waals surface area (Å²) in [5.74, 6) is 0.514. The van der Waals surface area contributed by atoms with E-state index in [2.05, 4.69) is 16.7 Å². The Morgan fingerprint density at radius 3 is 2.68 bits per heavy atom. The molecule has 2 rings (SSSR count). The maximum absolute atomic E-state index is 11.9. The Balaban J connectivity index is 1.71. The molecule has 6 heteroatoms. The van der Waals surface area contributed by atoms with E-state index in [4.69, 9.17) is 4.42 Å². The van der Waals surface area contributed by atoms with Gasteiger partial charge >= 0.3 is 6.03 Å². The average molecular weight is 322 g/mol. The fourth-order valence-corrected chi connectivity index (χ4v) is 3.10. The molecule has 2 amide bonds. The molecule has 0 aliphatic rings. The Morgan fingerprint density at radius 2 is 2.05 bits per heavy atom. The Labute approximate surface area is 134 Å². The highest BCUT2D eigenvalue weighted by Crippen LogP contribution is 2.18. The summed E-state index contributed by atoms with van der Waals surface area (Å²) in [5, 5.41) is 17.8. The summed E-state index contributed by atoms with van der Waals surface area (Å²) >= 11 is 1.68. The van der Waals surface area contributed by atoms with Gasteiger partial charge in [-0.05, 0) is 37.4 Å². The van der Waals surface area contributed by atoms with Gasteiger partial charge < -0.3 is 20.2 Å². The van der Waals surface area contributed by atoms with Crippen LogP contribution in [0.25, 0.3) is 0 Å². The van der Waals surface area contributed by atoms with E-state index in [1.807, 2.05) is 25.3 Å². The van der Waals surface area contributed by atoms with E-state index in [1.54, 1.807) is 23.5 Å². The molecule has 0 bridgehead atoms. The first-order chi connectivity index (χ1) is 10.5. The normalized spacial score (nSPS) is 15.0. The molecule has 0 aromatic carbocycles. The minimum absolute atomic E-state index is 0.0563. The number of carbonyl (C=O) groups is 1. The van der Waals surface area contributed by atoms with Crippen molar-refractivity contribution in [3.05, 3.63) is 46.5 Å². The minimum atomic E-state index is -0.714. The van der Waals surface area contributed by atoms with Gasteiger partial charge in [-0.15, -0.1) is 11.3 Å². The van der Waals surface area contributed by atoms with Crippen molar-refractivity contribution in [3.8, 4) is 0 Å². The second-order valence-corrected chi connectivity index (χ2v) is 6.50. The second-order valence-electron chi connectivity index (χ2n) is 5.47. The molecule has 0 aliphatic heterocycles. The smallest absolute Gasteiger partial charge is 0.315 e. The molecule has 2 aromatic rings. The lowest BCUT2D eigenvalue weighted by Crippen LogP contribution is -2.45. The summed E-state index contributed by atoms with van der Waals surface area (Å²) in [6.45, 7) is 3.83. The highest BCUT2D eigenvalue weighted by molar-refractivity contribution is 7.09. The van der Waals surface area contributed by atoms with Gasteiger partial charge in [0.05, 0.1) is 6.26 Å². The first-order valence-corrected chi connectivity index (χ1v) is 8.23. The Bertz CT molecular complexity index is 554. The van der Waals surface area contributed by atoms with Gasteiger partial charge in [-0.2, -0.15) is 0 Å². The molecular formula is C16H22N2O3S. The number of rotatable bonds is 7. The fraction of sp³-hybridized carbons (Fsp3) is 0.438. The summed E-state index contributed by atoms with van der Waals surface area (Å²) in [6.07, 6.45) is 2.03. The zero-order valence-corrected chi connectivity index (χ0v) is 13.6. The Morgan fingerprint density at radius 1 is 1.27 bits per heavy atom. The van der Waals surface area contributed by atoms with Crippen LogP contribution in [0.5, 0.6) is 0 Å². The van der Waals surface area contributed by atoms with E-state index in [-0.39, 0.29) is 18.1 Å². The topological polar surface area (TPSA) is 74.5 Å². The highest BCUT2D eigenvalue weighted by Gasteiger charge is 2.17. The lowest BCUT2D eigenvalue weighted by Gasteiger charge is -2.19. The van der Waals surface area contributed by atoms with E-state index < -0.39 is 6.10 Å². The zero-order chi connectivity index (χ0) is 15.9. The van der Waals surface area contributed by atoms with Crippen LogP contribution in [0.3, 0.4) is 0 Å². The molecule has 0 saturated carbocycles. The van der Waals surface area contributed by atoms with Crippen molar-refractivity contribution in [2.75, 3.05) is 0 Å². The van der Waals surface area contributed by atoms with Crippen LogP contribution in [0, 0.1) is 0 Å². The standard InChI is InChI=1S/C16H22N2O3S/c1-11(9-13-5-4-8-22-13)17-16(20)18-12(2)10-14(19)15-6-3-7-21-15/h3-8,11-12,14,19H,9-10H2,1-2H3,(H2,17,18,20). The van der Waals surface area contributed by atoms with E-state index >= 15 is 0 Å². The quantitative estimate of drug-likeness (QED) is 0.733. The van der Waals surface area contributed by atoms with Crippen molar-refractivity contribution in [1.29, 1.82) is 0 Å². The van der Waals surface area contributed by atoms with Crippen LogP contribution in [-0.4, -0.2) is 23.2 Å². The first kappa shape index (κ1) is 16.6. The van der Waals surface area contributed by atoms with E-state index in [1.165, 1.54) is 11.1 Å². The third kappa shape index (κ3) is 5.20. The van der Waals surface area contributed by atoms with Crippen molar-refractivity contribution in [2.45, 2.75) is 44.9 Å². The molecule has 0 fully saturated rings. The van der Waals surface area contributed by atoms with Gasteiger partial charge in [-0.3, -0.25) is 0 Å². The highest BCUT2D eigenvalue weighted by atomic mass is 32.1. The maximum Gasteiger partial charge on any atom is 0.315 e. The number of aliphatic hydroxyl groups excluding tert-OH is 1. The summed E-state index contributed by atoms with van der Waals surface area (Å²) in [7, 11) is 0.